The normalized spacial score (nSPS) is 11.0. The van der Waals surface area contributed by atoms with Gasteiger partial charge in [0.25, 0.3) is 0 Å². The minimum Gasteiger partial charge on any atom is -0.369 e. The standard InChI is InChI=1S/C14H18N6S/c1-10-8-11-12(18-14(15-2)19-13(11)21-10)17-4-3-6-20-7-5-16-9-20/h5,7-9H,3-4,6H2,1-2H3,(H2,15,17,18,19). The molecule has 0 radical (unpaired) electrons. The number of rotatable bonds is 6. The molecule has 0 bridgehead atoms. The Balaban J connectivity index is 1.70. The van der Waals surface area contributed by atoms with Gasteiger partial charge in [0, 0.05) is 37.4 Å². The van der Waals surface area contributed by atoms with Crippen molar-refractivity contribution in [3.8, 4) is 0 Å². The van der Waals surface area contributed by atoms with E-state index in [-0.39, 0.29) is 0 Å². The average molecular weight is 302 g/mol. The van der Waals surface area contributed by atoms with Gasteiger partial charge < -0.3 is 15.2 Å². The molecule has 0 saturated heterocycles. The van der Waals surface area contributed by atoms with Crippen molar-refractivity contribution in [2.45, 2.75) is 19.9 Å². The second kappa shape index (κ2) is 6.09. The van der Waals surface area contributed by atoms with Crippen LogP contribution in [0.25, 0.3) is 10.2 Å². The lowest BCUT2D eigenvalue weighted by Crippen LogP contribution is -2.08. The van der Waals surface area contributed by atoms with Gasteiger partial charge >= 0.3 is 0 Å². The van der Waals surface area contributed by atoms with Crippen LogP contribution in [0.1, 0.15) is 11.3 Å². The number of anilines is 2. The Morgan fingerprint density at radius 1 is 1.33 bits per heavy atom. The Morgan fingerprint density at radius 3 is 3.00 bits per heavy atom. The molecule has 0 spiro atoms. The van der Waals surface area contributed by atoms with E-state index in [0.717, 1.165) is 35.5 Å². The molecule has 0 saturated carbocycles. The summed E-state index contributed by atoms with van der Waals surface area (Å²) < 4.78 is 2.07. The first kappa shape index (κ1) is 13.8. The maximum absolute atomic E-state index is 4.52. The Hall–Kier alpha value is -2.15. The predicted octanol–water partition coefficient (Wildman–Crippen LogP) is 2.74. The number of nitrogens with zero attached hydrogens (tertiary/aromatic N) is 4. The van der Waals surface area contributed by atoms with E-state index >= 15 is 0 Å². The predicted molar refractivity (Wildman–Crippen MR) is 87.0 cm³/mol. The maximum Gasteiger partial charge on any atom is 0.225 e. The summed E-state index contributed by atoms with van der Waals surface area (Å²) in [5.41, 5.74) is 0. The van der Waals surface area contributed by atoms with Crippen LogP contribution in [0.15, 0.2) is 24.8 Å². The molecule has 6 nitrogen and oxygen atoms in total. The van der Waals surface area contributed by atoms with Crippen LogP contribution in [0.3, 0.4) is 0 Å². The highest BCUT2D eigenvalue weighted by Crippen LogP contribution is 2.29. The molecule has 0 aliphatic heterocycles. The van der Waals surface area contributed by atoms with Crippen LogP contribution >= 0.6 is 11.3 Å². The Bertz CT molecular complexity index is 718. The fourth-order valence-electron chi connectivity index (χ4n) is 2.18. The zero-order valence-electron chi connectivity index (χ0n) is 12.1. The first-order chi connectivity index (χ1) is 10.3. The summed E-state index contributed by atoms with van der Waals surface area (Å²) in [6.07, 6.45) is 6.63. The summed E-state index contributed by atoms with van der Waals surface area (Å²) in [5.74, 6) is 1.56. The van der Waals surface area contributed by atoms with E-state index in [2.05, 4.69) is 43.1 Å². The molecule has 3 aromatic heterocycles. The number of imidazole rings is 1. The van der Waals surface area contributed by atoms with E-state index in [1.54, 1.807) is 17.5 Å². The fraction of sp³-hybridized carbons (Fsp3) is 0.357. The van der Waals surface area contributed by atoms with E-state index < -0.39 is 0 Å². The van der Waals surface area contributed by atoms with Gasteiger partial charge in [0.05, 0.1) is 11.7 Å². The van der Waals surface area contributed by atoms with Crippen molar-refractivity contribution < 1.29 is 0 Å². The van der Waals surface area contributed by atoms with E-state index in [1.165, 1.54) is 4.88 Å². The third-order valence-electron chi connectivity index (χ3n) is 3.18. The number of aromatic nitrogens is 4. The summed E-state index contributed by atoms with van der Waals surface area (Å²) >= 11 is 1.69. The first-order valence-electron chi connectivity index (χ1n) is 6.92. The van der Waals surface area contributed by atoms with Crippen molar-refractivity contribution >= 4 is 33.3 Å². The Morgan fingerprint density at radius 2 is 2.24 bits per heavy atom. The molecule has 0 aliphatic carbocycles. The van der Waals surface area contributed by atoms with Crippen molar-refractivity contribution in [2.24, 2.45) is 0 Å². The minimum absolute atomic E-state index is 0.654. The van der Waals surface area contributed by atoms with Crippen molar-refractivity contribution in [3.63, 3.8) is 0 Å². The zero-order valence-corrected chi connectivity index (χ0v) is 12.9. The quantitative estimate of drug-likeness (QED) is 0.685. The van der Waals surface area contributed by atoms with Gasteiger partial charge in [-0.25, -0.2) is 9.97 Å². The van der Waals surface area contributed by atoms with Crippen molar-refractivity contribution in [2.75, 3.05) is 24.2 Å². The SMILES string of the molecule is CNc1nc(NCCCn2ccnc2)c2cc(C)sc2n1. The van der Waals surface area contributed by atoms with Crippen molar-refractivity contribution in [3.05, 3.63) is 29.7 Å². The third-order valence-corrected chi connectivity index (χ3v) is 4.13. The summed E-state index contributed by atoms with van der Waals surface area (Å²) in [4.78, 5) is 15.3. The molecule has 21 heavy (non-hydrogen) atoms. The highest BCUT2D eigenvalue weighted by atomic mass is 32.1. The van der Waals surface area contributed by atoms with Crippen LogP contribution in [-0.4, -0.2) is 33.1 Å². The molecule has 2 N–H and O–H groups in total. The van der Waals surface area contributed by atoms with E-state index in [9.17, 15) is 0 Å². The summed E-state index contributed by atoms with van der Waals surface area (Å²) in [5, 5.41) is 7.53. The molecule has 0 atom stereocenters. The third kappa shape index (κ3) is 3.13. The van der Waals surface area contributed by atoms with Crippen LogP contribution in [0.2, 0.25) is 0 Å². The topological polar surface area (TPSA) is 67.7 Å². The minimum atomic E-state index is 0.654. The van der Waals surface area contributed by atoms with E-state index in [4.69, 9.17) is 0 Å². The van der Waals surface area contributed by atoms with E-state index in [0.29, 0.717) is 5.95 Å². The smallest absolute Gasteiger partial charge is 0.225 e. The number of nitrogens with one attached hydrogen (secondary N) is 2. The number of fused-ring (bicyclic) bond motifs is 1. The van der Waals surface area contributed by atoms with Crippen molar-refractivity contribution in [1.82, 2.24) is 19.5 Å². The van der Waals surface area contributed by atoms with Gasteiger partial charge in [0.1, 0.15) is 10.6 Å². The highest BCUT2D eigenvalue weighted by molar-refractivity contribution is 7.18. The number of aryl methyl sites for hydroxylation is 2. The molecule has 3 heterocycles. The van der Waals surface area contributed by atoms with Gasteiger partial charge in [0.2, 0.25) is 5.95 Å². The molecule has 7 heteroatoms. The van der Waals surface area contributed by atoms with Crippen LogP contribution < -0.4 is 10.6 Å². The first-order valence-corrected chi connectivity index (χ1v) is 7.73. The number of hydrogen-bond donors (Lipinski definition) is 2. The molecule has 0 aliphatic rings. The van der Waals surface area contributed by atoms with Crippen LogP contribution in [0, 0.1) is 6.92 Å². The molecule has 0 amide bonds. The molecule has 110 valence electrons. The van der Waals surface area contributed by atoms with Crippen LogP contribution in [-0.2, 0) is 6.54 Å². The summed E-state index contributed by atoms with van der Waals surface area (Å²) in [6, 6.07) is 2.14. The average Bonchev–Trinajstić information content (AvgIpc) is 3.11. The lowest BCUT2D eigenvalue weighted by molar-refractivity contribution is 0.660. The second-order valence-corrected chi connectivity index (χ2v) is 6.04. The Labute approximate surface area is 127 Å². The summed E-state index contributed by atoms with van der Waals surface area (Å²) in [6.45, 7) is 3.90. The molecule has 0 fully saturated rings. The second-order valence-electron chi connectivity index (χ2n) is 4.80. The van der Waals surface area contributed by atoms with Gasteiger partial charge in [-0.15, -0.1) is 11.3 Å². The van der Waals surface area contributed by atoms with Gasteiger partial charge in [-0.05, 0) is 19.4 Å². The molecule has 3 rings (SSSR count). The fourth-order valence-corrected chi connectivity index (χ4v) is 3.06. The molecule has 0 aromatic carbocycles. The Kier molecular flexibility index (Phi) is 4.01. The van der Waals surface area contributed by atoms with Crippen LogP contribution in [0.4, 0.5) is 11.8 Å². The molecular weight excluding hydrogens is 284 g/mol. The van der Waals surface area contributed by atoms with Crippen molar-refractivity contribution in [1.29, 1.82) is 0 Å². The highest BCUT2D eigenvalue weighted by Gasteiger charge is 2.09. The maximum atomic E-state index is 4.52. The summed E-state index contributed by atoms with van der Waals surface area (Å²) in [7, 11) is 1.84. The molecular formula is C14H18N6S. The lowest BCUT2D eigenvalue weighted by atomic mass is 10.3. The van der Waals surface area contributed by atoms with E-state index in [1.807, 2.05) is 19.6 Å². The van der Waals surface area contributed by atoms with Gasteiger partial charge in [-0.3, -0.25) is 0 Å². The number of hydrogen-bond acceptors (Lipinski definition) is 6. The monoisotopic (exact) mass is 302 g/mol. The lowest BCUT2D eigenvalue weighted by Gasteiger charge is -2.08. The van der Waals surface area contributed by atoms with Gasteiger partial charge in [0.15, 0.2) is 0 Å². The van der Waals surface area contributed by atoms with Gasteiger partial charge in [-0.1, -0.05) is 0 Å². The number of thiophene rings is 1. The van der Waals surface area contributed by atoms with Crippen LogP contribution in [0.5, 0.6) is 0 Å². The molecule has 0 unspecified atom stereocenters. The molecule has 3 aromatic rings. The zero-order chi connectivity index (χ0) is 14.7. The van der Waals surface area contributed by atoms with Gasteiger partial charge in [-0.2, -0.15) is 4.98 Å². The largest absolute Gasteiger partial charge is 0.369 e.